The molecule has 0 aliphatic carbocycles. The fourth-order valence-electron chi connectivity index (χ4n) is 3.02. The second kappa shape index (κ2) is 9.34. The van der Waals surface area contributed by atoms with Crippen molar-refractivity contribution < 1.29 is 9.59 Å². The number of hydrogen-bond acceptors (Lipinski definition) is 6. The molecule has 0 fully saturated rings. The van der Waals surface area contributed by atoms with Crippen LogP contribution in [-0.4, -0.2) is 21.5 Å². The maximum Gasteiger partial charge on any atom is 0.136 e. The molecule has 0 saturated heterocycles. The van der Waals surface area contributed by atoms with Gasteiger partial charge in [0.1, 0.15) is 11.6 Å². The quantitative estimate of drug-likeness (QED) is 0.590. The lowest BCUT2D eigenvalue weighted by atomic mass is 9.83. The average molecular weight is 379 g/mol. The van der Waals surface area contributed by atoms with E-state index < -0.39 is 0 Å². The lowest BCUT2D eigenvalue weighted by Gasteiger charge is -2.22. The van der Waals surface area contributed by atoms with Crippen molar-refractivity contribution in [2.75, 3.05) is 0 Å². The first-order valence-corrected chi connectivity index (χ1v) is 10.5. The van der Waals surface area contributed by atoms with Gasteiger partial charge < -0.3 is 0 Å². The Morgan fingerprint density at radius 3 is 2.32 bits per heavy atom. The molecule has 2 heterocycles. The van der Waals surface area contributed by atoms with Gasteiger partial charge >= 0.3 is 0 Å². The Hall–Kier alpha value is -1.40. The highest BCUT2D eigenvalue weighted by Crippen LogP contribution is 2.35. The van der Waals surface area contributed by atoms with Crippen molar-refractivity contribution in [3.8, 4) is 0 Å². The van der Waals surface area contributed by atoms with E-state index in [1.165, 1.54) is 4.88 Å². The van der Waals surface area contributed by atoms with E-state index >= 15 is 0 Å². The third-order valence-electron chi connectivity index (χ3n) is 4.80. The third kappa shape index (κ3) is 5.28. The molecule has 2 rings (SSSR count). The molecule has 4 nitrogen and oxygen atoms in total. The summed E-state index contributed by atoms with van der Waals surface area (Å²) in [5.41, 5.74) is 5.67. The van der Waals surface area contributed by atoms with Crippen LogP contribution in [0.3, 0.4) is 0 Å². The first kappa shape index (κ1) is 19.9. The van der Waals surface area contributed by atoms with Crippen LogP contribution in [0.2, 0.25) is 0 Å². The second-order valence-corrected chi connectivity index (χ2v) is 8.28. The molecule has 2 aromatic rings. The Morgan fingerprint density at radius 1 is 1.08 bits per heavy atom. The fourth-order valence-corrected chi connectivity index (χ4v) is 4.85. The summed E-state index contributed by atoms with van der Waals surface area (Å²) in [5, 5.41) is 0. The lowest BCUT2D eigenvalue weighted by molar-refractivity contribution is -0.124. The van der Waals surface area contributed by atoms with Crippen molar-refractivity contribution in [3.05, 3.63) is 32.2 Å². The number of thiazole rings is 2. The molecule has 0 bridgehead atoms. The van der Waals surface area contributed by atoms with Gasteiger partial charge in [0.2, 0.25) is 0 Å². The van der Waals surface area contributed by atoms with Crippen LogP contribution < -0.4 is 0 Å². The zero-order valence-corrected chi connectivity index (χ0v) is 17.0. The molecule has 2 aromatic heterocycles. The molecule has 136 valence electrons. The highest BCUT2D eigenvalue weighted by atomic mass is 32.1. The monoisotopic (exact) mass is 378 g/mol. The van der Waals surface area contributed by atoms with Crippen LogP contribution in [0, 0.1) is 19.8 Å². The van der Waals surface area contributed by atoms with E-state index in [1.807, 2.05) is 38.7 Å². The normalized spacial score (nSPS) is 13.6. The smallest absolute Gasteiger partial charge is 0.136 e. The first-order chi connectivity index (χ1) is 11.9. The maximum atomic E-state index is 12.8. The van der Waals surface area contributed by atoms with Crippen molar-refractivity contribution in [2.45, 2.75) is 65.7 Å². The van der Waals surface area contributed by atoms with Gasteiger partial charge in [-0.15, -0.1) is 22.7 Å². The Morgan fingerprint density at radius 2 is 1.76 bits per heavy atom. The van der Waals surface area contributed by atoms with Crippen LogP contribution >= 0.6 is 22.7 Å². The Bertz CT molecular complexity index is 721. The van der Waals surface area contributed by atoms with Gasteiger partial charge in [0.15, 0.2) is 0 Å². The Kier molecular flexibility index (Phi) is 7.44. The van der Waals surface area contributed by atoms with E-state index in [0.717, 1.165) is 29.1 Å². The number of aromatic nitrogens is 2. The summed E-state index contributed by atoms with van der Waals surface area (Å²) >= 11 is 3.21. The molecule has 2 unspecified atom stereocenters. The van der Waals surface area contributed by atoms with E-state index in [0.29, 0.717) is 19.3 Å². The maximum absolute atomic E-state index is 12.8. The predicted molar refractivity (Wildman–Crippen MR) is 103 cm³/mol. The number of ketones is 2. The minimum atomic E-state index is -0.1000. The fraction of sp³-hybridized carbons (Fsp3) is 0.579. The van der Waals surface area contributed by atoms with Crippen LogP contribution in [0.1, 0.15) is 66.6 Å². The molecule has 0 aliphatic heterocycles. The van der Waals surface area contributed by atoms with Crippen molar-refractivity contribution >= 4 is 34.2 Å². The van der Waals surface area contributed by atoms with Gasteiger partial charge in [0.25, 0.3) is 0 Å². The topological polar surface area (TPSA) is 59.9 Å². The highest BCUT2D eigenvalue weighted by molar-refractivity contribution is 7.10. The van der Waals surface area contributed by atoms with E-state index in [-0.39, 0.29) is 23.4 Å². The molecule has 0 aromatic carbocycles. The van der Waals surface area contributed by atoms with Crippen LogP contribution in [-0.2, 0) is 16.0 Å². The second-order valence-electron chi connectivity index (χ2n) is 6.46. The summed E-state index contributed by atoms with van der Waals surface area (Å²) in [6.45, 7) is 7.86. The zero-order chi connectivity index (χ0) is 18.4. The molecular weight excluding hydrogens is 352 g/mol. The van der Waals surface area contributed by atoms with Gasteiger partial charge in [0.05, 0.1) is 22.4 Å². The summed E-state index contributed by atoms with van der Waals surface area (Å²) in [5.74, 6) is 0.497. The number of aryl methyl sites for hydroxylation is 3. The molecule has 6 heteroatoms. The number of carbonyl (C=O) groups excluding carboxylic acids is 2. The van der Waals surface area contributed by atoms with Crippen molar-refractivity contribution in [1.29, 1.82) is 0 Å². The van der Waals surface area contributed by atoms with E-state index in [1.54, 1.807) is 22.7 Å². The van der Waals surface area contributed by atoms with Crippen LogP contribution in [0.25, 0.3) is 0 Å². The standard InChI is InChI=1S/C19H26N2O2S2/c1-5-15(22)6-7-16(19-14(4)21-11-25-19)12(2)17(23)8-9-18-13(3)20-10-24-18/h10-12,16H,5-9H2,1-4H3. The van der Waals surface area contributed by atoms with Gasteiger partial charge in [-0.1, -0.05) is 13.8 Å². The van der Waals surface area contributed by atoms with Gasteiger partial charge in [0, 0.05) is 40.9 Å². The molecule has 0 spiro atoms. The van der Waals surface area contributed by atoms with Crippen molar-refractivity contribution in [2.24, 2.45) is 5.92 Å². The summed E-state index contributed by atoms with van der Waals surface area (Å²) in [6, 6.07) is 0. The van der Waals surface area contributed by atoms with Gasteiger partial charge in [-0.05, 0) is 26.7 Å². The van der Waals surface area contributed by atoms with Crippen LogP contribution in [0.4, 0.5) is 0 Å². The molecule has 0 saturated carbocycles. The highest BCUT2D eigenvalue weighted by Gasteiger charge is 2.28. The summed E-state index contributed by atoms with van der Waals surface area (Å²) in [6.07, 6.45) is 3.09. The number of nitrogens with zero attached hydrogens (tertiary/aromatic N) is 2. The number of rotatable bonds is 10. The number of hydrogen-bond donors (Lipinski definition) is 0. The van der Waals surface area contributed by atoms with Crippen LogP contribution in [0.15, 0.2) is 11.0 Å². The molecule has 0 radical (unpaired) electrons. The summed E-state index contributed by atoms with van der Waals surface area (Å²) < 4.78 is 0. The lowest BCUT2D eigenvalue weighted by Crippen LogP contribution is -2.21. The van der Waals surface area contributed by atoms with Crippen LogP contribution in [0.5, 0.6) is 0 Å². The first-order valence-electron chi connectivity index (χ1n) is 8.77. The minimum absolute atomic E-state index is 0.0815. The number of Topliss-reactive ketones (excluding diaryl/α,β-unsaturated/α-hetero) is 2. The molecule has 25 heavy (non-hydrogen) atoms. The van der Waals surface area contributed by atoms with E-state index in [9.17, 15) is 9.59 Å². The van der Waals surface area contributed by atoms with Crippen molar-refractivity contribution in [1.82, 2.24) is 9.97 Å². The SMILES string of the molecule is CCC(=O)CCC(c1scnc1C)C(C)C(=O)CCc1scnc1C. The Labute approximate surface area is 157 Å². The zero-order valence-electron chi connectivity index (χ0n) is 15.4. The summed E-state index contributed by atoms with van der Waals surface area (Å²) in [7, 11) is 0. The molecule has 2 atom stereocenters. The molecule has 0 N–H and O–H groups in total. The van der Waals surface area contributed by atoms with Crippen molar-refractivity contribution in [3.63, 3.8) is 0 Å². The minimum Gasteiger partial charge on any atom is -0.300 e. The largest absolute Gasteiger partial charge is 0.300 e. The summed E-state index contributed by atoms with van der Waals surface area (Å²) in [4.78, 5) is 35.5. The van der Waals surface area contributed by atoms with Gasteiger partial charge in [-0.2, -0.15) is 0 Å². The average Bonchev–Trinajstić information content (AvgIpc) is 3.21. The van der Waals surface area contributed by atoms with Gasteiger partial charge in [-0.3, -0.25) is 9.59 Å². The van der Waals surface area contributed by atoms with E-state index in [2.05, 4.69) is 9.97 Å². The van der Waals surface area contributed by atoms with Gasteiger partial charge in [-0.25, -0.2) is 9.97 Å². The molecule has 0 amide bonds. The molecular formula is C19H26N2O2S2. The third-order valence-corrected chi connectivity index (χ3v) is 6.86. The van der Waals surface area contributed by atoms with E-state index in [4.69, 9.17) is 0 Å². The number of carbonyl (C=O) groups is 2. The predicted octanol–water partition coefficient (Wildman–Crippen LogP) is 4.90. The Balaban J connectivity index is 2.06. The molecule has 0 aliphatic rings.